The topological polar surface area (TPSA) is 298 Å². The highest BCUT2D eigenvalue weighted by atomic mass is 16.7. The van der Waals surface area contributed by atoms with Crippen molar-refractivity contribution >= 4 is 51.7 Å². The molecule has 6 fully saturated rings. The average Bonchev–Trinajstić information content (AvgIpc) is 1.39. The van der Waals surface area contributed by atoms with Gasteiger partial charge < -0.3 is 66.4 Å². The summed E-state index contributed by atoms with van der Waals surface area (Å²) in [6.07, 6.45) is 18.1. The van der Waals surface area contributed by atoms with Crippen LogP contribution < -0.4 is 21.1 Å². The number of anilines is 1. The van der Waals surface area contributed by atoms with E-state index < -0.39 is 92.2 Å². The molecule has 8 heterocycles. The number of carbonyl (C=O) groups is 3. The lowest BCUT2D eigenvalue weighted by molar-refractivity contribution is -0.366. The molecular weight excluding hydrogens is 1230 g/mol. The van der Waals surface area contributed by atoms with Gasteiger partial charge in [0.2, 0.25) is 5.78 Å². The van der Waals surface area contributed by atoms with Crippen LogP contribution in [0.15, 0.2) is 84.5 Å². The maximum atomic E-state index is 15.7. The fourth-order valence-corrected chi connectivity index (χ4v) is 24.9. The Bertz CT molecular complexity index is 4900. The smallest absolute Gasteiger partial charge is 0.261 e. The summed E-state index contributed by atoms with van der Waals surface area (Å²) >= 11 is 0. The summed E-state index contributed by atoms with van der Waals surface area (Å²) in [5, 5.41) is 88.7. The summed E-state index contributed by atoms with van der Waals surface area (Å²) in [4.78, 5) is 64.0. The molecule has 17 aliphatic rings. The molecule has 18 heteroatoms. The highest BCUT2D eigenvalue weighted by Gasteiger charge is 2.78. The first-order chi connectivity index (χ1) is 47.3. The van der Waals surface area contributed by atoms with Crippen molar-refractivity contribution in [1.29, 1.82) is 0 Å². The van der Waals surface area contributed by atoms with Gasteiger partial charge in [-0.1, -0.05) is 61.1 Å². The van der Waals surface area contributed by atoms with E-state index in [9.17, 15) is 35.4 Å². The van der Waals surface area contributed by atoms with Crippen molar-refractivity contribution in [2.45, 2.75) is 194 Å². The van der Waals surface area contributed by atoms with Crippen molar-refractivity contribution in [1.82, 2.24) is 25.3 Å². The van der Waals surface area contributed by atoms with Gasteiger partial charge in [-0.05, 0) is 189 Å². The molecule has 12 N–H and O–H groups in total. The predicted molar refractivity (Wildman–Crippen MR) is 361 cm³/mol. The summed E-state index contributed by atoms with van der Waals surface area (Å²) in [6.45, 7) is 1.66. The van der Waals surface area contributed by atoms with E-state index >= 15 is 9.59 Å². The number of nitrogens with two attached hydrogens (primary N) is 1. The number of rotatable bonds is 2. The minimum Gasteiger partial charge on any atom is -0.507 e. The number of ether oxygens (including phenoxy) is 2. The van der Waals surface area contributed by atoms with Gasteiger partial charge in [0.1, 0.15) is 41.5 Å². The van der Waals surface area contributed by atoms with Gasteiger partial charge in [0.15, 0.2) is 17.5 Å². The number of aliphatic hydroxyl groups excluding tert-OH is 5. The summed E-state index contributed by atoms with van der Waals surface area (Å²) in [7, 11) is 0. The Labute approximate surface area is 565 Å². The number of aliphatic hydroxyl groups is 5. The maximum absolute atomic E-state index is 15.7. The molecule has 3 aromatic heterocycles. The fourth-order valence-electron chi connectivity index (χ4n) is 24.9. The third kappa shape index (κ3) is 6.89. The van der Waals surface area contributed by atoms with E-state index in [1.165, 1.54) is 6.07 Å². The summed E-state index contributed by atoms with van der Waals surface area (Å²) in [5.74, 6) is 3.07. The lowest BCUT2D eigenvalue weighted by Gasteiger charge is -2.64. The number of carbonyl (C=O) groups excluding carboxylic acids is 3. The van der Waals surface area contributed by atoms with E-state index in [1.54, 1.807) is 37.4 Å². The molecule has 3 aromatic carbocycles. The number of imidazole rings is 1. The largest absolute Gasteiger partial charge is 0.507 e. The minimum absolute atomic E-state index is 0.00315. The van der Waals surface area contributed by atoms with Crippen LogP contribution in [-0.2, 0) is 26.8 Å². The van der Waals surface area contributed by atoms with Crippen molar-refractivity contribution in [3.63, 3.8) is 0 Å². The van der Waals surface area contributed by atoms with Gasteiger partial charge >= 0.3 is 0 Å². The van der Waals surface area contributed by atoms with Crippen LogP contribution in [0.3, 0.4) is 0 Å². The second-order valence-corrected chi connectivity index (χ2v) is 32.8. The number of phenols is 1. The number of phenolic OH excluding ortho intramolecular Hbond substituents is 1. The summed E-state index contributed by atoms with van der Waals surface area (Å²) in [6, 6.07) is 12.8. The number of aromatic amines is 2. The molecule has 0 radical (unpaired) electrons. The Morgan fingerprint density at radius 2 is 1.72 bits per heavy atom. The van der Waals surface area contributed by atoms with Crippen molar-refractivity contribution in [3.8, 4) is 23.3 Å². The summed E-state index contributed by atoms with van der Waals surface area (Å²) in [5.41, 5.74) is 10.5. The number of aryl methyl sites for hydroxylation is 1. The number of pyridine rings is 1. The number of Topliss-reactive ketones (excluding diaryl/α,β-unsaturated/α-hetero) is 1. The first-order valence-electron chi connectivity index (χ1n) is 36.0. The Kier molecular flexibility index (Phi) is 11.6. The summed E-state index contributed by atoms with van der Waals surface area (Å²) < 4.78 is 15.3. The van der Waals surface area contributed by atoms with E-state index in [-0.39, 0.29) is 75.5 Å². The molecule has 5 aliphatic heterocycles. The number of hydrogen-bond donors (Lipinski definition) is 11. The van der Waals surface area contributed by atoms with Crippen LogP contribution in [0, 0.1) is 58.2 Å². The van der Waals surface area contributed by atoms with Gasteiger partial charge in [0.05, 0.1) is 52.2 Å². The molecule has 0 amide bonds. The lowest BCUT2D eigenvalue weighted by atomic mass is 9.39. The van der Waals surface area contributed by atoms with E-state index in [0.717, 1.165) is 108 Å². The molecule has 18 nitrogen and oxygen atoms in total. The molecule has 12 aliphatic carbocycles. The first kappa shape index (κ1) is 58.9. The number of H-pyrrole nitrogens is 2. The number of fused-ring (bicyclic) bond motifs is 9. The number of benzene rings is 3. The van der Waals surface area contributed by atoms with Crippen LogP contribution in [0.25, 0.3) is 28.5 Å². The molecule has 17 atom stereocenters. The third-order valence-corrected chi connectivity index (χ3v) is 28.7. The fraction of sp³-hybridized carbons (Fsp3) is 0.487. The molecule has 1 saturated heterocycles. The number of aromatic hydroxyl groups is 1. The zero-order valence-electron chi connectivity index (χ0n) is 54.7. The van der Waals surface area contributed by atoms with Crippen LogP contribution in [0.2, 0.25) is 0 Å². The van der Waals surface area contributed by atoms with Gasteiger partial charge in [-0.2, -0.15) is 0 Å². The van der Waals surface area contributed by atoms with Crippen molar-refractivity contribution in [2.75, 3.05) is 11.9 Å². The van der Waals surface area contributed by atoms with Crippen LogP contribution in [0.1, 0.15) is 216 Å². The lowest BCUT2D eigenvalue weighted by Crippen LogP contribution is -2.79. The zero-order valence-corrected chi connectivity index (χ0v) is 54.7. The second kappa shape index (κ2) is 19.3. The number of allylic oxidation sites excluding steroid dienone is 1. The van der Waals surface area contributed by atoms with Crippen LogP contribution in [0.4, 0.5) is 5.82 Å². The molecule has 500 valence electrons. The third-order valence-electron chi connectivity index (χ3n) is 28.7. The minimum atomic E-state index is -2.56. The Morgan fingerprint density at radius 3 is 2.59 bits per heavy atom. The molecule has 17 unspecified atom stereocenters. The normalized spacial score (nSPS) is 39.3. The van der Waals surface area contributed by atoms with Crippen LogP contribution in [-0.4, -0.2) is 116 Å². The van der Waals surface area contributed by atoms with Gasteiger partial charge in [0.25, 0.3) is 5.79 Å². The van der Waals surface area contributed by atoms with Crippen molar-refractivity contribution in [3.05, 3.63) is 163 Å². The Morgan fingerprint density at radius 1 is 0.857 bits per heavy atom. The number of ketones is 3. The quantitative estimate of drug-likeness (QED) is 0.0718. The first-order valence-corrected chi connectivity index (χ1v) is 36.0. The highest BCUT2D eigenvalue weighted by molar-refractivity contribution is 6.34. The predicted octanol–water partition coefficient (Wildman–Crippen LogP) is 9.46. The zero-order chi connectivity index (χ0) is 66.3. The van der Waals surface area contributed by atoms with Crippen molar-refractivity contribution < 1.29 is 54.5 Å². The Hall–Kier alpha value is -7.99. The van der Waals surface area contributed by atoms with Crippen molar-refractivity contribution in [2.24, 2.45) is 45.1 Å². The standard InChI is InChI=1S/C80H79N7O11/c1-38-26-49-55(52(89)27-38)63(92)58-53-31-48-46(56(58)62(49)91)14-25-83-71(48)84-35-54(90)77-21-10-40-6-4-17-75-18-5-7-42-32-76(20-11-44(88)30-43(76)29-39-8-9-45-41(28-39)13-24-82-70(45)81)66-67(86-37-85-66)79(42,75)65-47(12-19-75)57(59(40)77)61(87-65)50-33-78(97-53)68(94)64(93)69(95)80(98-78)60(50)51(77)34-74(72(80)96)23-22-73(36-74)15-2-3-16-73/h8-9,12-14,19,24-28,31,33,37,40,42-43,54,59,64,68-70,72,82,87,89-90,93-96H,2-3,5,7,10-11,15-18,20-23,29-30,32,34-36,81H2,1H3,(H,83,84)(H,85,86). The molecule has 8 spiro atoms. The maximum Gasteiger partial charge on any atom is 0.261 e. The Balaban J connectivity index is 0.848. The number of aromatic nitrogens is 4. The number of nitrogens with one attached hydrogen (secondary N) is 4. The van der Waals surface area contributed by atoms with Gasteiger partial charge in [-0.3, -0.25) is 14.4 Å². The van der Waals surface area contributed by atoms with E-state index in [2.05, 4.69) is 68.9 Å². The monoisotopic (exact) mass is 1310 g/mol. The number of hydrogen-bond acceptors (Lipinski definition) is 16. The average molecular weight is 1310 g/mol. The molecule has 12 bridgehead atoms. The van der Waals surface area contributed by atoms with E-state index in [0.29, 0.717) is 97.4 Å². The number of nitrogens with zero attached hydrogens (tertiary/aromatic N) is 2. The van der Waals surface area contributed by atoms with Gasteiger partial charge in [-0.15, -0.1) is 5.92 Å². The molecule has 23 rings (SSSR count). The molecule has 6 aromatic rings. The molecule has 5 saturated carbocycles. The molecular formula is C80H79N7O11. The molecule has 98 heavy (non-hydrogen) atoms. The van der Waals surface area contributed by atoms with Crippen LogP contribution >= 0.6 is 0 Å². The van der Waals surface area contributed by atoms with Crippen LogP contribution in [0.5, 0.6) is 11.5 Å². The van der Waals surface area contributed by atoms with Gasteiger partial charge in [0, 0.05) is 98.8 Å². The van der Waals surface area contributed by atoms with Gasteiger partial charge in [-0.25, -0.2) is 9.97 Å². The SMILES string of the molecule is Cc1cc(O)c2c(c1)C(=O)c1c(c3cc4c(nccc14)NCC(O)C14CCC5C#CCC67C=Cc8c([nH]c(c8C51)C1=CC5(O3)OC3(C1=C4CC1(CCC4(CCCC4)C1)C3O)C(O)C(O)C5O)C61c3[nH]cnc3C3(CCC(=O)CC3Cc3ccc4c(c3)C=CNC4N)CC1CCC7)C2=O. The highest BCUT2D eigenvalue weighted by Crippen LogP contribution is 2.77. The van der Waals surface area contributed by atoms with E-state index in [4.69, 9.17) is 25.2 Å². The van der Waals surface area contributed by atoms with E-state index in [1.807, 2.05) is 12.5 Å². The second-order valence-electron chi connectivity index (χ2n) is 32.8.